The lowest BCUT2D eigenvalue weighted by molar-refractivity contribution is 0.102. The lowest BCUT2D eigenvalue weighted by Gasteiger charge is -2.15. The number of aryl methyl sites for hydroxylation is 1. The zero-order chi connectivity index (χ0) is 20.2. The number of aromatic nitrogens is 3. The van der Waals surface area contributed by atoms with E-state index in [0.29, 0.717) is 23.0 Å². The fraction of sp³-hybridized carbons (Fsp3) is 0.130. The maximum absolute atomic E-state index is 12.9. The monoisotopic (exact) mass is 383 g/mol. The minimum absolute atomic E-state index is 0.0104. The molecule has 4 aromatic rings. The van der Waals surface area contributed by atoms with E-state index in [1.807, 2.05) is 74.5 Å². The Morgan fingerprint density at radius 3 is 2.59 bits per heavy atom. The van der Waals surface area contributed by atoms with Crippen molar-refractivity contribution in [2.45, 2.75) is 19.9 Å². The average Bonchev–Trinajstić information content (AvgIpc) is 2.74. The summed E-state index contributed by atoms with van der Waals surface area (Å²) in [7, 11) is 0. The molecule has 0 saturated heterocycles. The molecule has 2 aromatic heterocycles. The zero-order valence-electron chi connectivity index (χ0n) is 16.3. The molecule has 1 unspecified atom stereocenters. The van der Waals surface area contributed by atoms with Gasteiger partial charge in [-0.25, -0.2) is 9.97 Å². The van der Waals surface area contributed by atoms with Crippen molar-refractivity contribution >= 4 is 28.4 Å². The van der Waals surface area contributed by atoms with Gasteiger partial charge in [0.2, 0.25) is 5.95 Å². The molecule has 2 heterocycles. The Kier molecular flexibility index (Phi) is 5.16. The van der Waals surface area contributed by atoms with Gasteiger partial charge < -0.3 is 10.6 Å². The summed E-state index contributed by atoms with van der Waals surface area (Å²) >= 11 is 0. The van der Waals surface area contributed by atoms with Gasteiger partial charge >= 0.3 is 0 Å². The molecular formula is C23H21N5O. The van der Waals surface area contributed by atoms with Gasteiger partial charge in [0.05, 0.1) is 17.2 Å². The summed E-state index contributed by atoms with van der Waals surface area (Å²) in [6.07, 6.45) is 1.71. The molecule has 0 radical (unpaired) electrons. The molecule has 0 spiro atoms. The van der Waals surface area contributed by atoms with Gasteiger partial charge in [0.25, 0.3) is 5.91 Å². The van der Waals surface area contributed by atoms with Gasteiger partial charge in [0.15, 0.2) is 0 Å². The van der Waals surface area contributed by atoms with E-state index >= 15 is 0 Å². The topological polar surface area (TPSA) is 79.8 Å². The first-order chi connectivity index (χ1) is 14.1. The van der Waals surface area contributed by atoms with Crippen molar-refractivity contribution in [3.8, 4) is 0 Å². The maximum Gasteiger partial charge on any atom is 0.274 e. The summed E-state index contributed by atoms with van der Waals surface area (Å²) in [5.41, 5.74) is 3.52. The number of benzene rings is 2. The van der Waals surface area contributed by atoms with Crippen LogP contribution in [0.4, 0.5) is 11.6 Å². The van der Waals surface area contributed by atoms with E-state index in [9.17, 15) is 4.79 Å². The number of fused-ring (bicyclic) bond motifs is 1. The van der Waals surface area contributed by atoms with Crippen molar-refractivity contribution in [1.29, 1.82) is 0 Å². The van der Waals surface area contributed by atoms with E-state index in [4.69, 9.17) is 0 Å². The van der Waals surface area contributed by atoms with Crippen LogP contribution in [0.1, 0.15) is 34.7 Å². The van der Waals surface area contributed by atoms with Crippen LogP contribution in [0.15, 0.2) is 72.9 Å². The molecule has 29 heavy (non-hydrogen) atoms. The number of pyridine rings is 1. The minimum atomic E-state index is -0.302. The van der Waals surface area contributed by atoms with Gasteiger partial charge in [-0.2, -0.15) is 0 Å². The summed E-state index contributed by atoms with van der Waals surface area (Å²) < 4.78 is 0. The van der Waals surface area contributed by atoms with E-state index in [-0.39, 0.29) is 11.9 Å². The Labute approximate surface area is 169 Å². The molecule has 4 rings (SSSR count). The molecular weight excluding hydrogens is 362 g/mol. The van der Waals surface area contributed by atoms with Crippen molar-refractivity contribution in [2.24, 2.45) is 0 Å². The molecule has 2 aromatic carbocycles. The highest BCUT2D eigenvalue weighted by Gasteiger charge is 2.14. The summed E-state index contributed by atoms with van der Waals surface area (Å²) in [5, 5.41) is 7.16. The fourth-order valence-electron chi connectivity index (χ4n) is 3.16. The number of rotatable bonds is 5. The Balaban J connectivity index is 1.57. The lowest BCUT2D eigenvalue weighted by atomic mass is 10.1. The molecule has 2 N–H and O–H groups in total. The predicted molar refractivity (Wildman–Crippen MR) is 115 cm³/mol. The number of anilines is 2. The van der Waals surface area contributed by atoms with E-state index in [1.165, 1.54) is 0 Å². The molecule has 0 fully saturated rings. The summed E-state index contributed by atoms with van der Waals surface area (Å²) in [5.74, 6) is 0.117. The largest absolute Gasteiger partial charge is 0.348 e. The minimum Gasteiger partial charge on any atom is -0.348 e. The van der Waals surface area contributed by atoms with Gasteiger partial charge in [-0.15, -0.1) is 0 Å². The van der Waals surface area contributed by atoms with Crippen molar-refractivity contribution < 1.29 is 4.79 Å². The zero-order valence-corrected chi connectivity index (χ0v) is 16.3. The maximum atomic E-state index is 12.9. The molecule has 0 bridgehead atoms. The third kappa shape index (κ3) is 4.21. The summed E-state index contributed by atoms with van der Waals surface area (Å²) in [4.78, 5) is 26.1. The van der Waals surface area contributed by atoms with Crippen LogP contribution in [-0.4, -0.2) is 20.9 Å². The van der Waals surface area contributed by atoms with Crippen LogP contribution >= 0.6 is 0 Å². The smallest absolute Gasteiger partial charge is 0.274 e. The number of hydrogen-bond donors (Lipinski definition) is 2. The van der Waals surface area contributed by atoms with Crippen LogP contribution in [0.2, 0.25) is 0 Å². The molecule has 1 atom stereocenters. The number of para-hydroxylation sites is 1. The van der Waals surface area contributed by atoms with E-state index in [2.05, 4.69) is 25.6 Å². The van der Waals surface area contributed by atoms with Gasteiger partial charge in [-0.3, -0.25) is 9.78 Å². The quantitative estimate of drug-likeness (QED) is 0.519. The summed E-state index contributed by atoms with van der Waals surface area (Å²) in [6, 6.07) is 21.2. The third-order valence-electron chi connectivity index (χ3n) is 4.61. The molecule has 6 heteroatoms. The molecule has 0 saturated carbocycles. The second-order valence-electron chi connectivity index (χ2n) is 6.83. The van der Waals surface area contributed by atoms with Crippen LogP contribution in [0.5, 0.6) is 0 Å². The van der Waals surface area contributed by atoms with Crippen molar-refractivity contribution in [3.05, 3.63) is 89.9 Å². The normalized spacial score (nSPS) is 11.8. The van der Waals surface area contributed by atoms with Crippen LogP contribution in [-0.2, 0) is 0 Å². The Morgan fingerprint density at radius 1 is 0.966 bits per heavy atom. The third-order valence-corrected chi connectivity index (χ3v) is 4.61. The van der Waals surface area contributed by atoms with Crippen LogP contribution < -0.4 is 10.6 Å². The Hall–Kier alpha value is -3.80. The highest BCUT2D eigenvalue weighted by Crippen LogP contribution is 2.22. The number of nitrogens with zero attached hydrogens (tertiary/aromatic N) is 3. The first-order valence-corrected chi connectivity index (χ1v) is 9.42. The molecule has 0 aliphatic carbocycles. The average molecular weight is 383 g/mol. The number of hydrogen-bond acceptors (Lipinski definition) is 5. The Morgan fingerprint density at radius 2 is 1.76 bits per heavy atom. The number of amides is 1. The highest BCUT2D eigenvalue weighted by atomic mass is 16.1. The van der Waals surface area contributed by atoms with Crippen LogP contribution in [0, 0.1) is 6.92 Å². The van der Waals surface area contributed by atoms with Gasteiger partial charge in [-0.05, 0) is 37.6 Å². The highest BCUT2D eigenvalue weighted by molar-refractivity contribution is 6.07. The van der Waals surface area contributed by atoms with Crippen molar-refractivity contribution in [2.75, 3.05) is 10.6 Å². The van der Waals surface area contributed by atoms with E-state index in [0.717, 1.165) is 16.5 Å². The Bertz CT molecular complexity index is 1150. The first kappa shape index (κ1) is 18.6. The summed E-state index contributed by atoms with van der Waals surface area (Å²) in [6.45, 7) is 3.87. The molecule has 6 nitrogen and oxygen atoms in total. The molecule has 144 valence electrons. The number of nitrogens with one attached hydrogen (secondary N) is 2. The molecule has 0 aliphatic rings. The van der Waals surface area contributed by atoms with Crippen LogP contribution in [0.25, 0.3) is 10.9 Å². The predicted octanol–water partition coefficient (Wildman–Crippen LogP) is 4.76. The standard InChI is InChI=1S/C23H21N5O/c1-15-14-20(28-23(25-15)26-16(2)17-8-4-3-5-9-17)22(29)27-19-12-6-10-18-11-7-13-24-21(18)19/h3-14,16H,1-2H3,(H,27,29)(H,25,26,28). The van der Waals surface area contributed by atoms with Crippen molar-refractivity contribution in [1.82, 2.24) is 15.0 Å². The van der Waals surface area contributed by atoms with E-state index < -0.39 is 0 Å². The second-order valence-corrected chi connectivity index (χ2v) is 6.83. The molecule has 1 amide bonds. The van der Waals surface area contributed by atoms with Crippen LogP contribution in [0.3, 0.4) is 0 Å². The van der Waals surface area contributed by atoms with Gasteiger partial charge in [0.1, 0.15) is 5.69 Å². The van der Waals surface area contributed by atoms with Gasteiger partial charge in [-0.1, -0.05) is 48.5 Å². The number of carbonyl (C=O) groups is 1. The van der Waals surface area contributed by atoms with Crippen molar-refractivity contribution in [3.63, 3.8) is 0 Å². The molecule has 0 aliphatic heterocycles. The lowest BCUT2D eigenvalue weighted by Crippen LogP contribution is -2.17. The van der Waals surface area contributed by atoms with E-state index in [1.54, 1.807) is 12.3 Å². The fourth-order valence-corrected chi connectivity index (χ4v) is 3.16. The second kappa shape index (κ2) is 8.06. The SMILES string of the molecule is Cc1cc(C(=O)Nc2cccc3cccnc23)nc(NC(C)c2ccccc2)n1. The number of carbonyl (C=O) groups excluding carboxylic acids is 1. The van der Waals surface area contributed by atoms with Gasteiger partial charge in [0, 0.05) is 17.3 Å². The first-order valence-electron chi connectivity index (χ1n) is 9.42.